The largest absolute Gasteiger partial charge is 1.00 e. The van der Waals surface area contributed by atoms with Crippen LogP contribution in [0, 0.1) is 0 Å². The minimum absolute atomic E-state index is 0. The molecule has 3 nitrogen and oxygen atoms in total. The van der Waals surface area contributed by atoms with Gasteiger partial charge in [0.2, 0.25) is 0 Å². The molecule has 0 N–H and O–H groups in total. The van der Waals surface area contributed by atoms with E-state index in [1.54, 1.807) is 0 Å². The van der Waals surface area contributed by atoms with Gasteiger partial charge < -0.3 is 12.4 Å². The molecule has 0 aromatic carbocycles. The molecule has 39 heavy (non-hydrogen) atoms. The van der Waals surface area contributed by atoms with Crippen molar-refractivity contribution in [2.45, 2.75) is 103 Å². The van der Waals surface area contributed by atoms with E-state index in [-0.39, 0.29) is 12.4 Å². The molecule has 3 rings (SSSR count). The lowest BCUT2D eigenvalue weighted by Gasteiger charge is -2.03. The number of unbranched alkanes of at least 4 members (excludes halogenated alkanes) is 9. The Morgan fingerprint density at radius 2 is 1.18 bits per heavy atom. The molecule has 0 aliphatic rings. The van der Waals surface area contributed by atoms with Gasteiger partial charge in [-0.3, -0.25) is 9.97 Å². The van der Waals surface area contributed by atoms with E-state index in [9.17, 15) is 0 Å². The Morgan fingerprint density at radius 1 is 0.564 bits per heavy atom. The molecular weight excluding hydrogens is 498 g/mol. The highest BCUT2D eigenvalue weighted by Gasteiger charge is 2.03. The van der Waals surface area contributed by atoms with Crippen LogP contribution in [0.25, 0.3) is 0 Å². The molecule has 210 valence electrons. The number of allylic oxidation sites excluding steroid dienone is 4. The van der Waals surface area contributed by atoms with Crippen LogP contribution in [-0.2, 0) is 25.8 Å². The average molecular weight is 546 g/mol. The highest BCUT2D eigenvalue weighted by atomic mass is 35.5. The van der Waals surface area contributed by atoms with Crippen LogP contribution in [0.4, 0.5) is 0 Å². The molecule has 0 aliphatic carbocycles. The first-order valence-corrected chi connectivity index (χ1v) is 15.0. The summed E-state index contributed by atoms with van der Waals surface area (Å²) in [5, 5.41) is 0. The van der Waals surface area contributed by atoms with Crippen LogP contribution in [0.15, 0.2) is 97.9 Å². The van der Waals surface area contributed by atoms with E-state index >= 15 is 0 Å². The van der Waals surface area contributed by atoms with Gasteiger partial charge in [0.15, 0.2) is 12.4 Å². The molecule has 0 amide bonds. The topological polar surface area (TPSA) is 29.7 Å². The smallest absolute Gasteiger partial charge is 0.171 e. The number of aryl methyl sites for hydroxylation is 3. The summed E-state index contributed by atoms with van der Waals surface area (Å²) in [6.45, 7) is 1.14. The monoisotopic (exact) mass is 545 g/mol. The van der Waals surface area contributed by atoms with E-state index in [4.69, 9.17) is 0 Å². The fraction of sp³-hybridized carbons (Fsp3) is 0.457. The van der Waals surface area contributed by atoms with Crippen molar-refractivity contribution in [2.75, 3.05) is 0 Å². The van der Waals surface area contributed by atoms with E-state index in [0.29, 0.717) is 0 Å². The minimum Gasteiger partial charge on any atom is -1.00 e. The third-order valence-corrected chi connectivity index (χ3v) is 7.02. The standard InChI is InChI=1S/C35H48N3.ClH/c1(5-9-13-20-33-23-17-26-36-30-33)2-7-11-15-22-35-25-19-29-38(32-35)28-16-12-8-4-3-6-10-14-21-34-24-18-27-37-31-34;/h5,9-10,14,17-19,23-27,29-32H,1-4,6-8,11-13,15-16,20-22,28H2;1H/q+1;/p-1/b9-5-,14-10-;. The third kappa shape index (κ3) is 16.0. The Morgan fingerprint density at radius 3 is 1.92 bits per heavy atom. The molecule has 0 saturated carbocycles. The van der Waals surface area contributed by atoms with E-state index < -0.39 is 0 Å². The maximum absolute atomic E-state index is 4.18. The van der Waals surface area contributed by atoms with Crippen molar-refractivity contribution in [1.82, 2.24) is 9.97 Å². The lowest BCUT2D eigenvalue weighted by atomic mass is 10.1. The highest BCUT2D eigenvalue weighted by molar-refractivity contribution is 5.12. The zero-order chi connectivity index (χ0) is 26.4. The van der Waals surface area contributed by atoms with Gasteiger partial charge >= 0.3 is 0 Å². The maximum atomic E-state index is 4.18. The molecule has 3 heterocycles. The van der Waals surface area contributed by atoms with Crippen molar-refractivity contribution in [1.29, 1.82) is 0 Å². The van der Waals surface area contributed by atoms with Crippen LogP contribution in [0.5, 0.6) is 0 Å². The van der Waals surface area contributed by atoms with E-state index in [1.165, 1.54) is 93.7 Å². The normalized spacial score (nSPS) is 11.3. The molecule has 0 radical (unpaired) electrons. The Balaban J connectivity index is 0.00000533. The van der Waals surface area contributed by atoms with Gasteiger partial charge in [0.25, 0.3) is 0 Å². The first-order valence-electron chi connectivity index (χ1n) is 15.0. The van der Waals surface area contributed by atoms with Crippen LogP contribution < -0.4 is 17.0 Å². The highest BCUT2D eigenvalue weighted by Crippen LogP contribution is 2.10. The summed E-state index contributed by atoms with van der Waals surface area (Å²) < 4.78 is 2.40. The fourth-order valence-corrected chi connectivity index (χ4v) is 4.78. The molecule has 0 spiro atoms. The maximum Gasteiger partial charge on any atom is 0.171 e. The lowest BCUT2D eigenvalue weighted by Crippen LogP contribution is -3.00. The zero-order valence-electron chi connectivity index (χ0n) is 23.8. The number of rotatable bonds is 20. The van der Waals surface area contributed by atoms with Crippen LogP contribution in [0.2, 0.25) is 0 Å². The predicted octanol–water partition coefficient (Wildman–Crippen LogP) is 5.59. The molecular formula is C35H48ClN3. The summed E-state index contributed by atoms with van der Waals surface area (Å²) in [5.41, 5.74) is 4.10. The number of pyridine rings is 3. The molecule has 0 saturated heterocycles. The second-order valence-corrected chi connectivity index (χ2v) is 10.4. The SMILES string of the molecule is C(=C/Cc1cccnc1)/CCCCCCC[n+]1cccc(CCCCCC/C=C\CCc2cccnc2)c1.[Cl-]. The summed E-state index contributed by atoms with van der Waals surface area (Å²) in [6, 6.07) is 12.8. The molecule has 0 atom stereocenters. The second-order valence-electron chi connectivity index (χ2n) is 10.4. The van der Waals surface area contributed by atoms with Crippen LogP contribution in [-0.4, -0.2) is 9.97 Å². The minimum atomic E-state index is 0. The summed E-state index contributed by atoms with van der Waals surface area (Å²) in [6.07, 6.45) is 40.2. The van der Waals surface area contributed by atoms with Crippen molar-refractivity contribution in [3.8, 4) is 0 Å². The Hall–Kier alpha value is -2.78. The van der Waals surface area contributed by atoms with Gasteiger partial charge in [0.1, 0.15) is 6.54 Å². The zero-order valence-corrected chi connectivity index (χ0v) is 24.5. The number of halogens is 1. The van der Waals surface area contributed by atoms with Gasteiger partial charge in [0.05, 0.1) is 0 Å². The van der Waals surface area contributed by atoms with Gasteiger partial charge in [-0.25, -0.2) is 4.57 Å². The molecule has 3 aromatic rings. The van der Waals surface area contributed by atoms with E-state index in [2.05, 4.69) is 75.5 Å². The molecule has 0 aliphatic heterocycles. The molecule has 0 fully saturated rings. The number of hydrogen-bond acceptors (Lipinski definition) is 2. The third-order valence-electron chi connectivity index (χ3n) is 7.02. The number of aromatic nitrogens is 3. The van der Waals surface area contributed by atoms with Gasteiger partial charge in [-0.15, -0.1) is 0 Å². The average Bonchev–Trinajstić information content (AvgIpc) is 2.96. The summed E-state index contributed by atoms with van der Waals surface area (Å²) in [4.78, 5) is 8.35. The Bertz CT molecular complexity index is 1030. The Labute approximate surface area is 243 Å². The summed E-state index contributed by atoms with van der Waals surface area (Å²) in [5.74, 6) is 0. The number of nitrogens with zero attached hydrogens (tertiary/aromatic N) is 3. The van der Waals surface area contributed by atoms with Gasteiger partial charge in [-0.05, 0) is 93.5 Å². The van der Waals surface area contributed by atoms with E-state index in [0.717, 1.165) is 25.8 Å². The summed E-state index contributed by atoms with van der Waals surface area (Å²) in [7, 11) is 0. The molecule has 3 aromatic heterocycles. The first-order chi connectivity index (χ1) is 18.9. The van der Waals surface area contributed by atoms with Crippen molar-refractivity contribution in [2.24, 2.45) is 0 Å². The molecule has 0 bridgehead atoms. The second kappa shape index (κ2) is 22.1. The van der Waals surface area contributed by atoms with Gasteiger partial charge in [-0.2, -0.15) is 0 Å². The number of hydrogen-bond donors (Lipinski definition) is 0. The first kappa shape index (κ1) is 32.4. The van der Waals surface area contributed by atoms with Gasteiger partial charge in [0, 0.05) is 42.8 Å². The quantitative estimate of drug-likeness (QED) is 0.105. The van der Waals surface area contributed by atoms with Crippen LogP contribution >= 0.6 is 0 Å². The van der Waals surface area contributed by atoms with Crippen LogP contribution in [0.3, 0.4) is 0 Å². The summed E-state index contributed by atoms with van der Waals surface area (Å²) >= 11 is 0. The van der Waals surface area contributed by atoms with Gasteiger partial charge in [-0.1, -0.05) is 62.1 Å². The predicted molar refractivity (Wildman–Crippen MR) is 160 cm³/mol. The van der Waals surface area contributed by atoms with Crippen molar-refractivity contribution in [3.05, 3.63) is 115 Å². The molecule has 4 heteroatoms. The van der Waals surface area contributed by atoms with Crippen LogP contribution in [0.1, 0.15) is 93.7 Å². The van der Waals surface area contributed by atoms with Crippen molar-refractivity contribution in [3.63, 3.8) is 0 Å². The van der Waals surface area contributed by atoms with E-state index in [1.807, 2.05) is 36.9 Å². The Kier molecular flexibility index (Phi) is 18.4. The molecule has 0 unspecified atom stereocenters. The van der Waals surface area contributed by atoms with Crippen molar-refractivity contribution < 1.29 is 17.0 Å². The lowest BCUT2D eigenvalue weighted by molar-refractivity contribution is -0.697. The van der Waals surface area contributed by atoms with Crippen molar-refractivity contribution >= 4 is 0 Å². The fourth-order valence-electron chi connectivity index (χ4n) is 4.78.